The second-order valence-electron chi connectivity index (χ2n) is 5.99. The Morgan fingerprint density at radius 2 is 2.29 bits per heavy atom. The van der Waals surface area contributed by atoms with Gasteiger partial charge in [-0.2, -0.15) is 0 Å². The highest BCUT2D eigenvalue weighted by Crippen LogP contribution is 2.28. The zero-order chi connectivity index (χ0) is 14.5. The van der Waals surface area contributed by atoms with Gasteiger partial charge in [0, 0.05) is 38.1 Å². The zero-order valence-corrected chi connectivity index (χ0v) is 12.5. The van der Waals surface area contributed by atoms with Gasteiger partial charge in [-0.15, -0.1) is 0 Å². The lowest BCUT2D eigenvalue weighted by molar-refractivity contribution is -0.133. The Balaban J connectivity index is 1.59. The molecule has 1 saturated heterocycles. The molecule has 0 unspecified atom stereocenters. The molecule has 1 aliphatic carbocycles. The van der Waals surface area contributed by atoms with Crippen LogP contribution in [-0.4, -0.2) is 59.5 Å². The first-order valence-electron chi connectivity index (χ1n) is 7.94. The highest BCUT2D eigenvalue weighted by molar-refractivity contribution is 5.79. The average molecular weight is 288 g/mol. The van der Waals surface area contributed by atoms with Crippen LogP contribution in [0.2, 0.25) is 0 Å². The Hall–Kier alpha value is -1.46. The Labute approximate surface area is 126 Å². The topological polar surface area (TPSA) is 48.5 Å². The molecule has 1 N–H and O–H groups in total. The van der Waals surface area contributed by atoms with Gasteiger partial charge in [-0.1, -0.05) is 6.07 Å². The van der Waals surface area contributed by atoms with Crippen LogP contribution in [0.15, 0.2) is 24.5 Å². The Morgan fingerprint density at radius 3 is 3.05 bits per heavy atom. The van der Waals surface area contributed by atoms with Crippen molar-refractivity contribution in [2.75, 3.05) is 32.7 Å². The van der Waals surface area contributed by atoms with E-state index < -0.39 is 0 Å². The van der Waals surface area contributed by atoms with E-state index in [0.29, 0.717) is 19.1 Å². The fourth-order valence-electron chi connectivity index (χ4n) is 2.84. The third-order valence-electron chi connectivity index (χ3n) is 4.18. The molecule has 0 radical (unpaired) electrons. The Morgan fingerprint density at radius 1 is 1.38 bits per heavy atom. The van der Waals surface area contributed by atoms with Crippen LogP contribution in [0.3, 0.4) is 0 Å². The molecule has 1 aliphatic heterocycles. The minimum absolute atomic E-state index is 0.267. The molecule has 0 atom stereocenters. The smallest absolute Gasteiger partial charge is 0.237 e. The van der Waals surface area contributed by atoms with Gasteiger partial charge in [0.2, 0.25) is 5.91 Å². The third-order valence-corrected chi connectivity index (χ3v) is 4.18. The number of aromatic nitrogens is 1. The van der Waals surface area contributed by atoms with Crippen molar-refractivity contribution in [2.24, 2.45) is 0 Å². The fourth-order valence-corrected chi connectivity index (χ4v) is 2.84. The SMILES string of the molecule is O=C(CN1CCCNCC1)N(Cc1cccnc1)C1CC1. The number of hydrogen-bond donors (Lipinski definition) is 1. The molecule has 2 fully saturated rings. The molecule has 3 rings (SSSR count). The van der Waals surface area contributed by atoms with E-state index in [4.69, 9.17) is 0 Å². The summed E-state index contributed by atoms with van der Waals surface area (Å²) in [4.78, 5) is 21.1. The lowest BCUT2D eigenvalue weighted by Gasteiger charge is -2.26. The van der Waals surface area contributed by atoms with Gasteiger partial charge in [-0.05, 0) is 44.0 Å². The van der Waals surface area contributed by atoms with Gasteiger partial charge in [0.25, 0.3) is 0 Å². The molecule has 1 aromatic rings. The standard InChI is InChI=1S/C16H24N4O/c21-16(13-19-9-2-7-17-8-10-19)20(15-4-5-15)12-14-3-1-6-18-11-14/h1,3,6,11,15,17H,2,4-5,7-10,12-13H2. The number of rotatable bonds is 5. The van der Waals surface area contributed by atoms with Gasteiger partial charge >= 0.3 is 0 Å². The second-order valence-corrected chi connectivity index (χ2v) is 5.99. The van der Waals surface area contributed by atoms with Crippen molar-refractivity contribution in [1.82, 2.24) is 20.1 Å². The first-order chi connectivity index (χ1) is 10.3. The van der Waals surface area contributed by atoms with E-state index in [1.165, 1.54) is 0 Å². The largest absolute Gasteiger partial charge is 0.334 e. The summed E-state index contributed by atoms with van der Waals surface area (Å²) < 4.78 is 0. The van der Waals surface area contributed by atoms with Crippen molar-refractivity contribution < 1.29 is 4.79 Å². The minimum Gasteiger partial charge on any atom is -0.334 e. The lowest BCUT2D eigenvalue weighted by Crippen LogP contribution is -2.42. The van der Waals surface area contributed by atoms with Crippen LogP contribution < -0.4 is 5.32 Å². The van der Waals surface area contributed by atoms with Gasteiger partial charge < -0.3 is 10.2 Å². The molecule has 1 saturated carbocycles. The van der Waals surface area contributed by atoms with E-state index in [1.807, 2.05) is 18.3 Å². The molecule has 5 nitrogen and oxygen atoms in total. The number of carbonyl (C=O) groups is 1. The number of nitrogens with zero attached hydrogens (tertiary/aromatic N) is 3. The summed E-state index contributed by atoms with van der Waals surface area (Å²) >= 11 is 0. The van der Waals surface area contributed by atoms with Gasteiger partial charge in [0.05, 0.1) is 6.54 Å². The first kappa shape index (κ1) is 14.5. The van der Waals surface area contributed by atoms with E-state index in [-0.39, 0.29) is 5.91 Å². The quantitative estimate of drug-likeness (QED) is 0.873. The number of carbonyl (C=O) groups excluding carboxylic acids is 1. The maximum absolute atomic E-state index is 12.7. The highest BCUT2D eigenvalue weighted by Gasteiger charge is 2.33. The van der Waals surface area contributed by atoms with Gasteiger partial charge in [-0.25, -0.2) is 0 Å². The third kappa shape index (κ3) is 4.25. The van der Waals surface area contributed by atoms with E-state index >= 15 is 0 Å². The van der Waals surface area contributed by atoms with Gasteiger partial charge in [-0.3, -0.25) is 14.7 Å². The molecule has 0 spiro atoms. The summed E-state index contributed by atoms with van der Waals surface area (Å²) in [5, 5.41) is 3.38. The zero-order valence-electron chi connectivity index (χ0n) is 12.5. The van der Waals surface area contributed by atoms with Crippen LogP contribution >= 0.6 is 0 Å². The van der Waals surface area contributed by atoms with Crippen LogP contribution in [0.4, 0.5) is 0 Å². The van der Waals surface area contributed by atoms with Crippen molar-refractivity contribution in [2.45, 2.75) is 31.8 Å². The summed E-state index contributed by atoms with van der Waals surface area (Å²) in [6.45, 7) is 5.29. The van der Waals surface area contributed by atoms with Crippen LogP contribution in [0.5, 0.6) is 0 Å². The first-order valence-corrected chi connectivity index (χ1v) is 7.94. The van der Waals surface area contributed by atoms with Crippen LogP contribution in [0.1, 0.15) is 24.8 Å². The number of hydrogen-bond acceptors (Lipinski definition) is 4. The molecule has 21 heavy (non-hydrogen) atoms. The molecule has 5 heteroatoms. The maximum atomic E-state index is 12.7. The summed E-state index contributed by atoms with van der Waals surface area (Å²) in [7, 11) is 0. The van der Waals surface area contributed by atoms with Crippen LogP contribution in [-0.2, 0) is 11.3 Å². The number of pyridine rings is 1. The average Bonchev–Trinajstić information content (AvgIpc) is 3.33. The molecule has 1 amide bonds. The van der Waals surface area contributed by atoms with E-state index in [9.17, 15) is 4.79 Å². The lowest BCUT2D eigenvalue weighted by atomic mass is 10.2. The van der Waals surface area contributed by atoms with Crippen molar-refractivity contribution in [3.05, 3.63) is 30.1 Å². The second kappa shape index (κ2) is 7.00. The molecule has 0 bridgehead atoms. The number of nitrogens with one attached hydrogen (secondary N) is 1. The summed E-state index contributed by atoms with van der Waals surface area (Å²) in [6.07, 6.45) is 7.05. The monoisotopic (exact) mass is 288 g/mol. The maximum Gasteiger partial charge on any atom is 0.237 e. The predicted octanol–water partition coefficient (Wildman–Crippen LogP) is 0.868. The normalized spacial score (nSPS) is 20.0. The molecule has 0 aromatic carbocycles. The molecular weight excluding hydrogens is 264 g/mol. The van der Waals surface area contributed by atoms with Crippen LogP contribution in [0.25, 0.3) is 0 Å². The van der Waals surface area contributed by atoms with Crippen molar-refractivity contribution in [3.63, 3.8) is 0 Å². The van der Waals surface area contributed by atoms with E-state index in [2.05, 4.69) is 20.1 Å². The number of amides is 1. The molecular formula is C16H24N4O. The van der Waals surface area contributed by atoms with Gasteiger partial charge in [0.1, 0.15) is 0 Å². The van der Waals surface area contributed by atoms with E-state index in [0.717, 1.165) is 51.0 Å². The van der Waals surface area contributed by atoms with Gasteiger partial charge in [0.15, 0.2) is 0 Å². The molecule has 2 aliphatic rings. The minimum atomic E-state index is 0.267. The summed E-state index contributed by atoms with van der Waals surface area (Å²) in [5.41, 5.74) is 1.12. The summed E-state index contributed by atoms with van der Waals surface area (Å²) in [5.74, 6) is 0.267. The highest BCUT2D eigenvalue weighted by atomic mass is 16.2. The Kier molecular flexibility index (Phi) is 4.83. The Bertz CT molecular complexity index is 453. The van der Waals surface area contributed by atoms with Crippen molar-refractivity contribution in [1.29, 1.82) is 0 Å². The summed E-state index contributed by atoms with van der Waals surface area (Å²) in [6, 6.07) is 4.43. The van der Waals surface area contributed by atoms with Crippen molar-refractivity contribution in [3.8, 4) is 0 Å². The van der Waals surface area contributed by atoms with Crippen molar-refractivity contribution >= 4 is 5.91 Å². The van der Waals surface area contributed by atoms with E-state index in [1.54, 1.807) is 6.20 Å². The predicted molar refractivity (Wildman–Crippen MR) is 81.7 cm³/mol. The fraction of sp³-hybridized carbons (Fsp3) is 0.625. The molecule has 2 heterocycles. The van der Waals surface area contributed by atoms with Crippen LogP contribution in [0, 0.1) is 0 Å². The molecule has 1 aromatic heterocycles. The molecule has 114 valence electrons.